The molecule has 0 saturated heterocycles. The fraction of sp³-hybridized carbons (Fsp3) is 0.231. The van der Waals surface area contributed by atoms with Crippen LogP contribution < -0.4 is 11.1 Å². The summed E-state index contributed by atoms with van der Waals surface area (Å²) < 4.78 is 0. The van der Waals surface area contributed by atoms with E-state index >= 15 is 0 Å². The first-order valence-corrected chi connectivity index (χ1v) is 5.88. The molecule has 1 aromatic carbocycles. The Morgan fingerprint density at radius 2 is 2.26 bits per heavy atom. The number of rotatable bonds is 4. The average molecular weight is 260 g/mol. The van der Waals surface area contributed by atoms with Crippen LogP contribution in [-0.4, -0.2) is 21.0 Å². The zero-order chi connectivity index (χ0) is 14.0. The number of aromatic nitrogens is 2. The van der Waals surface area contributed by atoms with E-state index in [1.165, 1.54) is 6.07 Å². The number of carbonyl (C=O) groups is 1. The van der Waals surface area contributed by atoms with Gasteiger partial charge in [-0.05, 0) is 31.5 Å². The van der Waals surface area contributed by atoms with Gasteiger partial charge >= 0.3 is 5.97 Å². The molecule has 0 aliphatic carbocycles. The Labute approximate surface area is 110 Å². The summed E-state index contributed by atoms with van der Waals surface area (Å²) in [6.45, 7) is 3.72. The number of nitrogens with one attached hydrogen (secondary N) is 2. The lowest BCUT2D eigenvalue weighted by Crippen LogP contribution is -2.11. The molecule has 2 aromatic rings. The highest BCUT2D eigenvalue weighted by Crippen LogP contribution is 2.25. The van der Waals surface area contributed by atoms with Crippen molar-refractivity contribution in [1.29, 1.82) is 0 Å². The van der Waals surface area contributed by atoms with Crippen molar-refractivity contribution in [3.8, 4) is 0 Å². The molecule has 0 fully saturated rings. The van der Waals surface area contributed by atoms with Crippen molar-refractivity contribution in [3.05, 3.63) is 41.5 Å². The van der Waals surface area contributed by atoms with Crippen LogP contribution in [0.4, 0.5) is 11.4 Å². The summed E-state index contributed by atoms with van der Waals surface area (Å²) in [5.74, 6) is -0.249. The van der Waals surface area contributed by atoms with Crippen molar-refractivity contribution < 1.29 is 9.90 Å². The molecular formula is C13H16N4O2. The fourth-order valence-electron chi connectivity index (χ4n) is 1.89. The highest BCUT2D eigenvalue weighted by Gasteiger charge is 2.14. The molecular weight excluding hydrogens is 244 g/mol. The molecule has 0 bridgehead atoms. The van der Waals surface area contributed by atoms with Gasteiger partial charge in [0, 0.05) is 23.8 Å². The smallest absolute Gasteiger partial charge is 0.337 e. The molecule has 0 radical (unpaired) electrons. The van der Waals surface area contributed by atoms with Crippen LogP contribution in [0.5, 0.6) is 0 Å². The number of aromatic carboxylic acids is 1. The van der Waals surface area contributed by atoms with Gasteiger partial charge in [-0.3, -0.25) is 0 Å². The lowest BCUT2D eigenvalue weighted by atomic mass is 10.1. The first-order chi connectivity index (χ1) is 8.99. The number of aryl methyl sites for hydroxylation is 1. The molecule has 1 unspecified atom stereocenters. The van der Waals surface area contributed by atoms with Crippen LogP contribution in [0.15, 0.2) is 24.5 Å². The van der Waals surface area contributed by atoms with Gasteiger partial charge in [0.15, 0.2) is 0 Å². The van der Waals surface area contributed by atoms with Crippen LogP contribution in [0.2, 0.25) is 0 Å². The van der Waals surface area contributed by atoms with Crippen molar-refractivity contribution in [2.45, 2.75) is 19.9 Å². The number of hydrogen-bond donors (Lipinski definition) is 4. The highest BCUT2D eigenvalue weighted by molar-refractivity contribution is 5.95. The maximum Gasteiger partial charge on any atom is 0.337 e. The minimum absolute atomic E-state index is 0.0559. The van der Waals surface area contributed by atoms with E-state index < -0.39 is 5.97 Å². The molecule has 100 valence electrons. The zero-order valence-electron chi connectivity index (χ0n) is 10.8. The SMILES string of the molecule is Cc1cc(NC(C)c2ncc[nH]2)cc(C(=O)O)c1N. The second-order valence-corrected chi connectivity index (χ2v) is 4.40. The molecule has 1 aromatic heterocycles. The number of aromatic amines is 1. The molecule has 0 aliphatic heterocycles. The van der Waals surface area contributed by atoms with Gasteiger partial charge in [0.1, 0.15) is 5.82 Å². The largest absolute Gasteiger partial charge is 0.478 e. The normalized spacial score (nSPS) is 12.1. The van der Waals surface area contributed by atoms with Crippen molar-refractivity contribution in [2.24, 2.45) is 0 Å². The van der Waals surface area contributed by atoms with Crippen molar-refractivity contribution in [2.75, 3.05) is 11.1 Å². The van der Waals surface area contributed by atoms with Gasteiger partial charge < -0.3 is 21.1 Å². The van der Waals surface area contributed by atoms with Crippen LogP contribution in [0.3, 0.4) is 0 Å². The number of carboxylic acids is 1. The number of benzene rings is 1. The number of imidazole rings is 1. The molecule has 6 nitrogen and oxygen atoms in total. The van der Waals surface area contributed by atoms with Gasteiger partial charge in [-0.15, -0.1) is 0 Å². The maximum atomic E-state index is 11.1. The van der Waals surface area contributed by atoms with Gasteiger partial charge in [-0.2, -0.15) is 0 Å². The molecule has 5 N–H and O–H groups in total. The second-order valence-electron chi connectivity index (χ2n) is 4.40. The van der Waals surface area contributed by atoms with Gasteiger partial charge in [-0.1, -0.05) is 0 Å². The minimum atomic E-state index is -1.03. The summed E-state index contributed by atoms with van der Waals surface area (Å²) in [7, 11) is 0. The Kier molecular flexibility index (Phi) is 3.41. The third-order valence-electron chi connectivity index (χ3n) is 2.93. The standard InChI is InChI=1S/C13H16N4O2/c1-7-5-9(6-10(11(7)14)13(18)19)17-8(2)12-15-3-4-16-12/h3-6,8,17H,14H2,1-2H3,(H,15,16)(H,18,19). The van der Waals surface area contributed by atoms with E-state index in [0.717, 1.165) is 11.4 Å². The summed E-state index contributed by atoms with van der Waals surface area (Å²) in [6.07, 6.45) is 3.41. The third kappa shape index (κ3) is 2.67. The van der Waals surface area contributed by atoms with Crippen molar-refractivity contribution in [1.82, 2.24) is 9.97 Å². The van der Waals surface area contributed by atoms with Gasteiger partial charge in [0.05, 0.1) is 11.6 Å². The van der Waals surface area contributed by atoms with Crippen LogP contribution in [0, 0.1) is 6.92 Å². The zero-order valence-corrected chi connectivity index (χ0v) is 10.8. The van der Waals surface area contributed by atoms with Gasteiger partial charge in [-0.25, -0.2) is 9.78 Å². The Bertz CT molecular complexity index is 593. The first kappa shape index (κ1) is 12.9. The van der Waals surface area contributed by atoms with E-state index in [1.807, 2.05) is 13.0 Å². The average Bonchev–Trinajstić information content (AvgIpc) is 2.86. The Morgan fingerprint density at radius 3 is 2.84 bits per heavy atom. The summed E-state index contributed by atoms with van der Waals surface area (Å²) in [4.78, 5) is 18.3. The molecule has 1 atom stereocenters. The minimum Gasteiger partial charge on any atom is -0.478 e. The molecule has 0 amide bonds. The van der Waals surface area contributed by atoms with Crippen LogP contribution in [-0.2, 0) is 0 Å². The highest BCUT2D eigenvalue weighted by atomic mass is 16.4. The van der Waals surface area contributed by atoms with E-state index in [-0.39, 0.29) is 11.6 Å². The molecule has 1 heterocycles. The molecule has 6 heteroatoms. The van der Waals surface area contributed by atoms with Crippen molar-refractivity contribution in [3.63, 3.8) is 0 Å². The maximum absolute atomic E-state index is 11.1. The number of nitrogens with zero attached hydrogens (tertiary/aromatic N) is 1. The van der Waals surface area contributed by atoms with Crippen LogP contribution in [0.1, 0.15) is 34.7 Å². The lowest BCUT2D eigenvalue weighted by Gasteiger charge is -2.15. The van der Waals surface area contributed by atoms with E-state index in [9.17, 15) is 4.79 Å². The summed E-state index contributed by atoms with van der Waals surface area (Å²) >= 11 is 0. The predicted octanol–water partition coefficient (Wildman–Crippen LogP) is 2.17. The number of anilines is 2. The van der Waals surface area contributed by atoms with Gasteiger partial charge in [0.25, 0.3) is 0 Å². The van der Waals surface area contributed by atoms with E-state index in [4.69, 9.17) is 10.8 Å². The molecule has 19 heavy (non-hydrogen) atoms. The first-order valence-electron chi connectivity index (χ1n) is 5.88. The van der Waals surface area contributed by atoms with E-state index in [2.05, 4.69) is 15.3 Å². The summed E-state index contributed by atoms with van der Waals surface area (Å²) in [5, 5.41) is 12.3. The third-order valence-corrected chi connectivity index (χ3v) is 2.93. The summed E-state index contributed by atoms with van der Waals surface area (Å²) in [6, 6.07) is 3.30. The molecule has 0 spiro atoms. The quantitative estimate of drug-likeness (QED) is 0.631. The number of nitrogens with two attached hydrogens (primary N) is 1. The van der Waals surface area contributed by atoms with Crippen LogP contribution >= 0.6 is 0 Å². The number of nitrogen functional groups attached to an aromatic ring is 1. The number of carboxylic acid groups (broad SMARTS) is 1. The monoisotopic (exact) mass is 260 g/mol. The topological polar surface area (TPSA) is 104 Å². The summed E-state index contributed by atoms with van der Waals surface area (Å²) in [5.41, 5.74) is 7.58. The van der Waals surface area contributed by atoms with E-state index in [1.54, 1.807) is 19.3 Å². The Balaban J connectivity index is 2.28. The Hall–Kier alpha value is -2.50. The van der Waals surface area contributed by atoms with Crippen LogP contribution in [0.25, 0.3) is 0 Å². The second kappa shape index (κ2) is 5.01. The predicted molar refractivity (Wildman–Crippen MR) is 73.2 cm³/mol. The number of H-pyrrole nitrogens is 1. The molecule has 0 saturated carbocycles. The number of hydrogen-bond acceptors (Lipinski definition) is 4. The molecule has 0 aliphatic rings. The fourth-order valence-corrected chi connectivity index (χ4v) is 1.89. The van der Waals surface area contributed by atoms with Gasteiger partial charge in [0.2, 0.25) is 0 Å². The molecule has 2 rings (SSSR count). The lowest BCUT2D eigenvalue weighted by molar-refractivity contribution is 0.0698. The Morgan fingerprint density at radius 1 is 1.53 bits per heavy atom. The van der Waals surface area contributed by atoms with E-state index in [0.29, 0.717) is 11.4 Å². The van der Waals surface area contributed by atoms with Crippen molar-refractivity contribution >= 4 is 17.3 Å².